The lowest BCUT2D eigenvalue weighted by Crippen LogP contribution is -2.41. The SMILES string of the molecule is CNCc1ccccc1S(=O)(=O)NC(C)CN1CCCC1. The second kappa shape index (κ2) is 7.35. The van der Waals surface area contributed by atoms with Crippen LogP contribution in [0.4, 0.5) is 0 Å². The molecule has 1 saturated heterocycles. The van der Waals surface area contributed by atoms with Gasteiger partial charge in [0, 0.05) is 19.1 Å². The largest absolute Gasteiger partial charge is 0.316 e. The Morgan fingerprint density at radius 3 is 2.57 bits per heavy atom. The van der Waals surface area contributed by atoms with Gasteiger partial charge in [-0.1, -0.05) is 18.2 Å². The fourth-order valence-corrected chi connectivity index (χ4v) is 4.29. The summed E-state index contributed by atoms with van der Waals surface area (Å²) in [6, 6.07) is 7.04. The predicted molar refractivity (Wildman–Crippen MR) is 84.7 cm³/mol. The maximum absolute atomic E-state index is 12.6. The molecule has 0 radical (unpaired) electrons. The molecule has 2 rings (SSSR count). The van der Waals surface area contributed by atoms with Crippen LogP contribution >= 0.6 is 0 Å². The Labute approximate surface area is 127 Å². The van der Waals surface area contributed by atoms with Crippen molar-refractivity contribution in [2.45, 2.75) is 37.2 Å². The van der Waals surface area contributed by atoms with E-state index < -0.39 is 10.0 Å². The molecule has 1 aromatic rings. The molecule has 0 saturated carbocycles. The van der Waals surface area contributed by atoms with E-state index in [0.717, 1.165) is 25.2 Å². The number of likely N-dealkylation sites (tertiary alicyclic amines) is 1. The van der Waals surface area contributed by atoms with Crippen molar-refractivity contribution in [2.24, 2.45) is 0 Å². The Hall–Kier alpha value is -0.950. The normalized spacial score (nSPS) is 18.0. The summed E-state index contributed by atoms with van der Waals surface area (Å²) in [6.45, 7) is 5.38. The molecule has 0 spiro atoms. The minimum atomic E-state index is -3.47. The number of rotatable bonds is 7. The molecule has 1 aromatic carbocycles. The molecular formula is C15H25N3O2S. The summed E-state index contributed by atoms with van der Waals surface area (Å²) >= 11 is 0. The molecule has 0 amide bonds. The van der Waals surface area contributed by atoms with E-state index in [1.165, 1.54) is 12.8 Å². The summed E-state index contributed by atoms with van der Waals surface area (Å²) in [7, 11) is -1.66. The Morgan fingerprint density at radius 2 is 1.90 bits per heavy atom. The first-order chi connectivity index (χ1) is 10.0. The van der Waals surface area contributed by atoms with Gasteiger partial charge >= 0.3 is 0 Å². The fraction of sp³-hybridized carbons (Fsp3) is 0.600. The van der Waals surface area contributed by atoms with Crippen molar-refractivity contribution in [2.75, 3.05) is 26.7 Å². The second-order valence-corrected chi connectivity index (χ2v) is 7.35. The van der Waals surface area contributed by atoms with E-state index in [-0.39, 0.29) is 6.04 Å². The number of benzene rings is 1. The minimum Gasteiger partial charge on any atom is -0.316 e. The van der Waals surface area contributed by atoms with E-state index >= 15 is 0 Å². The Kier molecular flexibility index (Phi) is 5.75. The molecule has 118 valence electrons. The lowest BCUT2D eigenvalue weighted by molar-refractivity contribution is 0.312. The molecule has 1 atom stereocenters. The number of hydrogen-bond acceptors (Lipinski definition) is 4. The van der Waals surface area contributed by atoms with Crippen LogP contribution in [0.3, 0.4) is 0 Å². The summed E-state index contributed by atoms with van der Waals surface area (Å²) < 4.78 is 27.9. The highest BCUT2D eigenvalue weighted by atomic mass is 32.2. The van der Waals surface area contributed by atoms with E-state index in [0.29, 0.717) is 11.4 Å². The molecule has 1 fully saturated rings. The third kappa shape index (κ3) is 4.51. The summed E-state index contributed by atoms with van der Waals surface area (Å²) in [4.78, 5) is 2.68. The van der Waals surface area contributed by atoms with E-state index in [9.17, 15) is 8.42 Å². The first-order valence-electron chi connectivity index (χ1n) is 7.50. The fourth-order valence-electron chi connectivity index (χ4n) is 2.82. The summed E-state index contributed by atoms with van der Waals surface area (Å²) in [6.07, 6.45) is 2.43. The molecule has 6 heteroatoms. The molecule has 1 heterocycles. The molecule has 1 unspecified atom stereocenters. The van der Waals surface area contributed by atoms with Gasteiger partial charge in [-0.25, -0.2) is 13.1 Å². The smallest absolute Gasteiger partial charge is 0.241 e. The van der Waals surface area contributed by atoms with Gasteiger partial charge in [-0.2, -0.15) is 0 Å². The zero-order valence-electron chi connectivity index (χ0n) is 12.8. The van der Waals surface area contributed by atoms with Crippen LogP contribution in [0.1, 0.15) is 25.3 Å². The average molecular weight is 311 g/mol. The first-order valence-corrected chi connectivity index (χ1v) is 8.98. The third-order valence-corrected chi connectivity index (χ3v) is 5.41. The molecule has 1 aliphatic rings. The molecule has 21 heavy (non-hydrogen) atoms. The van der Waals surface area contributed by atoms with Gasteiger partial charge in [0.1, 0.15) is 0 Å². The molecule has 0 aliphatic carbocycles. The van der Waals surface area contributed by atoms with Crippen LogP contribution in [-0.2, 0) is 16.6 Å². The van der Waals surface area contributed by atoms with Gasteiger partial charge in [-0.05, 0) is 51.5 Å². The maximum Gasteiger partial charge on any atom is 0.241 e. The zero-order valence-corrected chi connectivity index (χ0v) is 13.6. The first kappa shape index (κ1) is 16.4. The molecule has 5 nitrogen and oxygen atoms in total. The van der Waals surface area contributed by atoms with Crippen LogP contribution in [0.25, 0.3) is 0 Å². The van der Waals surface area contributed by atoms with Gasteiger partial charge in [0.15, 0.2) is 0 Å². The topological polar surface area (TPSA) is 61.4 Å². The van der Waals surface area contributed by atoms with Crippen molar-refractivity contribution < 1.29 is 8.42 Å². The van der Waals surface area contributed by atoms with Gasteiger partial charge in [0.05, 0.1) is 4.90 Å². The monoisotopic (exact) mass is 311 g/mol. The Balaban J connectivity index is 2.06. The number of sulfonamides is 1. The van der Waals surface area contributed by atoms with Crippen molar-refractivity contribution >= 4 is 10.0 Å². The Morgan fingerprint density at radius 1 is 1.24 bits per heavy atom. The van der Waals surface area contributed by atoms with Crippen LogP contribution in [0.5, 0.6) is 0 Å². The van der Waals surface area contributed by atoms with Gasteiger partial charge in [0.25, 0.3) is 0 Å². The highest BCUT2D eigenvalue weighted by molar-refractivity contribution is 7.89. The molecule has 0 aromatic heterocycles. The molecule has 1 aliphatic heterocycles. The number of hydrogen-bond donors (Lipinski definition) is 2. The molecular weight excluding hydrogens is 286 g/mol. The van der Waals surface area contributed by atoms with Gasteiger partial charge in [-0.3, -0.25) is 0 Å². The lowest BCUT2D eigenvalue weighted by Gasteiger charge is -2.21. The maximum atomic E-state index is 12.6. The van der Waals surface area contributed by atoms with Crippen molar-refractivity contribution in [1.82, 2.24) is 14.9 Å². The third-order valence-electron chi connectivity index (χ3n) is 3.72. The Bertz CT molecular complexity index is 554. The van der Waals surface area contributed by atoms with Gasteiger partial charge < -0.3 is 10.2 Å². The summed E-state index contributed by atoms with van der Waals surface area (Å²) in [5.74, 6) is 0. The van der Waals surface area contributed by atoms with Crippen LogP contribution in [0, 0.1) is 0 Å². The standard InChI is InChI=1S/C15H25N3O2S/c1-13(12-18-9-5-6-10-18)17-21(19,20)15-8-4-3-7-14(15)11-16-2/h3-4,7-8,13,16-17H,5-6,9-12H2,1-2H3. The minimum absolute atomic E-state index is 0.0873. The predicted octanol–water partition coefficient (Wildman–Crippen LogP) is 1.17. The number of nitrogens with zero attached hydrogens (tertiary/aromatic N) is 1. The van der Waals surface area contributed by atoms with E-state index in [4.69, 9.17) is 0 Å². The highest BCUT2D eigenvalue weighted by Gasteiger charge is 2.22. The van der Waals surface area contributed by atoms with Gasteiger partial charge in [-0.15, -0.1) is 0 Å². The molecule has 2 N–H and O–H groups in total. The van der Waals surface area contributed by atoms with E-state index in [1.54, 1.807) is 12.1 Å². The van der Waals surface area contributed by atoms with Crippen molar-refractivity contribution in [1.29, 1.82) is 0 Å². The second-order valence-electron chi connectivity index (χ2n) is 5.67. The van der Waals surface area contributed by atoms with Crippen molar-refractivity contribution in [3.63, 3.8) is 0 Å². The average Bonchev–Trinajstić information content (AvgIpc) is 2.91. The van der Waals surface area contributed by atoms with Crippen molar-refractivity contribution in [3.05, 3.63) is 29.8 Å². The van der Waals surface area contributed by atoms with Crippen LogP contribution in [-0.4, -0.2) is 46.0 Å². The van der Waals surface area contributed by atoms with E-state index in [1.807, 2.05) is 26.1 Å². The van der Waals surface area contributed by atoms with E-state index in [2.05, 4.69) is 14.9 Å². The van der Waals surface area contributed by atoms with Crippen LogP contribution in [0.15, 0.2) is 29.2 Å². The summed E-state index contributed by atoms with van der Waals surface area (Å²) in [5, 5.41) is 3.01. The highest BCUT2D eigenvalue weighted by Crippen LogP contribution is 2.16. The van der Waals surface area contributed by atoms with Crippen LogP contribution < -0.4 is 10.0 Å². The van der Waals surface area contributed by atoms with Crippen molar-refractivity contribution in [3.8, 4) is 0 Å². The van der Waals surface area contributed by atoms with Gasteiger partial charge in [0.2, 0.25) is 10.0 Å². The molecule has 0 bridgehead atoms. The zero-order chi connectivity index (χ0) is 15.3. The summed E-state index contributed by atoms with van der Waals surface area (Å²) in [5.41, 5.74) is 0.792. The lowest BCUT2D eigenvalue weighted by atomic mass is 10.2. The quantitative estimate of drug-likeness (QED) is 0.793. The number of nitrogens with one attached hydrogen (secondary N) is 2. The van der Waals surface area contributed by atoms with Crippen LogP contribution in [0.2, 0.25) is 0 Å².